The van der Waals surface area contributed by atoms with Crippen LogP contribution in [-0.2, 0) is 13.0 Å². The van der Waals surface area contributed by atoms with Gasteiger partial charge >= 0.3 is 0 Å². The highest BCUT2D eigenvalue weighted by Crippen LogP contribution is 2.14. The summed E-state index contributed by atoms with van der Waals surface area (Å²) >= 11 is 1.79. The highest BCUT2D eigenvalue weighted by Gasteiger charge is 2.10. The molecule has 0 aliphatic heterocycles. The predicted molar refractivity (Wildman–Crippen MR) is 91.4 cm³/mol. The highest BCUT2D eigenvalue weighted by atomic mass is 32.1. The largest absolute Gasteiger partial charge is 0.359 e. The maximum absolute atomic E-state index is 5.34. The number of guanidine groups is 1. The molecule has 0 atom stereocenters. The van der Waals surface area contributed by atoms with Gasteiger partial charge in [-0.25, -0.2) is 0 Å². The van der Waals surface area contributed by atoms with Gasteiger partial charge in [0.2, 0.25) is 0 Å². The van der Waals surface area contributed by atoms with E-state index in [1.54, 1.807) is 18.4 Å². The van der Waals surface area contributed by atoms with Gasteiger partial charge < -0.3 is 14.7 Å². The van der Waals surface area contributed by atoms with E-state index in [2.05, 4.69) is 51.7 Å². The van der Waals surface area contributed by atoms with E-state index in [1.807, 2.05) is 13.1 Å². The van der Waals surface area contributed by atoms with E-state index >= 15 is 0 Å². The molecule has 0 aliphatic carbocycles. The summed E-state index contributed by atoms with van der Waals surface area (Å²) in [6.45, 7) is 5.72. The Morgan fingerprint density at radius 2 is 2.32 bits per heavy atom. The maximum Gasteiger partial charge on any atom is 0.193 e. The van der Waals surface area contributed by atoms with Crippen molar-refractivity contribution in [2.75, 3.05) is 20.6 Å². The number of nitrogens with zero attached hydrogens (tertiary/aromatic N) is 3. The molecule has 0 saturated carbocycles. The van der Waals surface area contributed by atoms with E-state index in [0.29, 0.717) is 12.5 Å². The van der Waals surface area contributed by atoms with Crippen LogP contribution in [0.4, 0.5) is 0 Å². The molecule has 0 unspecified atom stereocenters. The molecule has 2 aromatic heterocycles. The second-order valence-electron chi connectivity index (χ2n) is 5.52. The smallest absolute Gasteiger partial charge is 0.193 e. The third-order valence-electron chi connectivity index (χ3n) is 3.44. The Kier molecular flexibility index (Phi) is 6.00. The Morgan fingerprint density at radius 1 is 1.50 bits per heavy atom. The molecule has 0 amide bonds. The second kappa shape index (κ2) is 7.98. The first-order valence-corrected chi connectivity index (χ1v) is 8.37. The Morgan fingerprint density at radius 3 is 2.91 bits per heavy atom. The average molecular weight is 320 g/mol. The molecule has 1 N–H and O–H groups in total. The Balaban J connectivity index is 1.83. The third-order valence-corrected chi connectivity index (χ3v) is 4.37. The topological polar surface area (TPSA) is 53.7 Å². The number of hydrogen-bond acceptors (Lipinski definition) is 4. The molecule has 120 valence electrons. The fourth-order valence-corrected chi connectivity index (χ4v) is 2.77. The van der Waals surface area contributed by atoms with Gasteiger partial charge in [0.15, 0.2) is 11.7 Å². The summed E-state index contributed by atoms with van der Waals surface area (Å²) in [6, 6.07) is 6.25. The minimum absolute atomic E-state index is 0.380. The summed E-state index contributed by atoms with van der Waals surface area (Å²) in [5, 5.41) is 9.49. The first-order valence-electron chi connectivity index (χ1n) is 7.49. The molecule has 2 aromatic rings. The van der Waals surface area contributed by atoms with Crippen LogP contribution in [0.3, 0.4) is 0 Å². The summed E-state index contributed by atoms with van der Waals surface area (Å²) in [5.41, 5.74) is 0.984. The van der Waals surface area contributed by atoms with E-state index in [4.69, 9.17) is 4.52 Å². The van der Waals surface area contributed by atoms with Crippen molar-refractivity contribution in [3.63, 3.8) is 0 Å². The second-order valence-corrected chi connectivity index (χ2v) is 6.56. The van der Waals surface area contributed by atoms with Gasteiger partial charge in [-0.05, 0) is 23.8 Å². The quantitative estimate of drug-likeness (QED) is 0.656. The molecule has 6 heteroatoms. The SMILES string of the molecule is CN=C(NCc1cc(C(C)C)no1)N(C)CCc1cccs1. The van der Waals surface area contributed by atoms with Gasteiger partial charge in [-0.15, -0.1) is 11.3 Å². The molecule has 2 rings (SSSR count). The Bertz CT molecular complexity index is 589. The summed E-state index contributed by atoms with van der Waals surface area (Å²) in [7, 11) is 3.84. The fraction of sp³-hybridized carbons (Fsp3) is 0.500. The number of likely N-dealkylation sites (N-methyl/N-ethyl adjacent to an activating group) is 1. The molecular weight excluding hydrogens is 296 g/mol. The van der Waals surface area contributed by atoms with Gasteiger partial charge in [0.1, 0.15) is 0 Å². The predicted octanol–water partition coefficient (Wildman–Crippen LogP) is 3.11. The standard InChI is InChI=1S/C16H24N4OS/c1-12(2)15-10-13(21-19-15)11-18-16(17-3)20(4)8-7-14-6-5-9-22-14/h5-6,9-10,12H,7-8,11H2,1-4H3,(H,17,18). The van der Waals surface area contributed by atoms with Crippen molar-refractivity contribution in [3.05, 3.63) is 39.9 Å². The molecule has 0 aromatic carbocycles. The number of thiophene rings is 1. The van der Waals surface area contributed by atoms with Gasteiger partial charge in [0.25, 0.3) is 0 Å². The Hall–Kier alpha value is -1.82. The number of aliphatic imine (C=N–C) groups is 1. The average Bonchev–Trinajstić information content (AvgIpc) is 3.17. The molecule has 0 radical (unpaired) electrons. The van der Waals surface area contributed by atoms with Crippen LogP contribution in [0.15, 0.2) is 33.1 Å². The van der Waals surface area contributed by atoms with Crippen molar-refractivity contribution in [3.8, 4) is 0 Å². The highest BCUT2D eigenvalue weighted by molar-refractivity contribution is 7.09. The zero-order valence-corrected chi connectivity index (χ0v) is 14.5. The van der Waals surface area contributed by atoms with E-state index < -0.39 is 0 Å². The summed E-state index contributed by atoms with van der Waals surface area (Å²) in [5.74, 6) is 2.07. The van der Waals surface area contributed by atoms with Crippen LogP contribution < -0.4 is 5.32 Å². The van der Waals surface area contributed by atoms with Crippen LogP contribution in [0, 0.1) is 0 Å². The summed E-state index contributed by atoms with van der Waals surface area (Å²) in [4.78, 5) is 7.83. The van der Waals surface area contributed by atoms with Gasteiger partial charge in [-0.2, -0.15) is 0 Å². The van der Waals surface area contributed by atoms with Crippen molar-refractivity contribution >= 4 is 17.3 Å². The van der Waals surface area contributed by atoms with Crippen LogP contribution in [0.5, 0.6) is 0 Å². The normalized spacial score (nSPS) is 12.0. The number of aromatic nitrogens is 1. The summed E-state index contributed by atoms with van der Waals surface area (Å²) in [6.07, 6.45) is 1.02. The number of hydrogen-bond donors (Lipinski definition) is 1. The third kappa shape index (κ3) is 4.59. The van der Waals surface area contributed by atoms with E-state index in [1.165, 1.54) is 4.88 Å². The minimum atomic E-state index is 0.380. The monoisotopic (exact) mass is 320 g/mol. The van der Waals surface area contributed by atoms with Gasteiger partial charge in [-0.3, -0.25) is 4.99 Å². The molecule has 0 saturated heterocycles. The van der Waals surface area contributed by atoms with Crippen molar-refractivity contribution in [2.24, 2.45) is 4.99 Å². The van der Waals surface area contributed by atoms with Gasteiger partial charge in [-0.1, -0.05) is 25.1 Å². The lowest BCUT2D eigenvalue weighted by molar-refractivity contribution is 0.369. The summed E-state index contributed by atoms with van der Waals surface area (Å²) < 4.78 is 5.34. The lowest BCUT2D eigenvalue weighted by Crippen LogP contribution is -2.39. The van der Waals surface area contributed by atoms with Crippen LogP contribution in [0.25, 0.3) is 0 Å². The number of rotatable bonds is 6. The molecule has 0 aliphatic rings. The lowest BCUT2D eigenvalue weighted by Gasteiger charge is -2.21. The molecular formula is C16H24N4OS. The van der Waals surface area contributed by atoms with Crippen LogP contribution >= 0.6 is 11.3 Å². The maximum atomic E-state index is 5.34. The van der Waals surface area contributed by atoms with Crippen LogP contribution in [0.1, 0.15) is 36.1 Å². The first-order chi connectivity index (χ1) is 10.6. The van der Waals surface area contributed by atoms with Gasteiger partial charge in [0, 0.05) is 31.6 Å². The van der Waals surface area contributed by atoms with Crippen molar-refractivity contribution in [1.29, 1.82) is 0 Å². The first kappa shape index (κ1) is 16.5. The van der Waals surface area contributed by atoms with Crippen molar-refractivity contribution in [1.82, 2.24) is 15.4 Å². The molecule has 5 nitrogen and oxygen atoms in total. The Labute approximate surface area is 136 Å². The van der Waals surface area contributed by atoms with Gasteiger partial charge in [0.05, 0.1) is 12.2 Å². The molecule has 0 bridgehead atoms. The van der Waals surface area contributed by atoms with E-state index in [0.717, 1.165) is 30.4 Å². The van der Waals surface area contributed by atoms with Crippen LogP contribution in [-0.4, -0.2) is 36.7 Å². The molecule has 0 spiro atoms. The van der Waals surface area contributed by atoms with Crippen LogP contribution in [0.2, 0.25) is 0 Å². The zero-order valence-electron chi connectivity index (χ0n) is 13.7. The molecule has 2 heterocycles. The molecule has 22 heavy (non-hydrogen) atoms. The van der Waals surface area contributed by atoms with Crippen molar-refractivity contribution in [2.45, 2.75) is 32.7 Å². The minimum Gasteiger partial charge on any atom is -0.359 e. The fourth-order valence-electron chi connectivity index (χ4n) is 2.07. The molecule has 0 fully saturated rings. The number of nitrogens with one attached hydrogen (secondary N) is 1. The van der Waals surface area contributed by atoms with E-state index in [-0.39, 0.29) is 0 Å². The zero-order chi connectivity index (χ0) is 15.9. The lowest BCUT2D eigenvalue weighted by atomic mass is 10.1. The van der Waals surface area contributed by atoms with Crippen molar-refractivity contribution < 1.29 is 4.52 Å². The van der Waals surface area contributed by atoms with E-state index in [9.17, 15) is 0 Å².